The Hall–Kier alpha value is -1.68. The number of hydrogen-bond donors (Lipinski definition) is 2. The summed E-state index contributed by atoms with van der Waals surface area (Å²) in [6, 6.07) is 11.6. The molecule has 0 atom stereocenters. The second kappa shape index (κ2) is 9.14. The highest BCUT2D eigenvalue weighted by atomic mass is 127. The van der Waals surface area contributed by atoms with Gasteiger partial charge in [-0.2, -0.15) is 0 Å². The van der Waals surface area contributed by atoms with Gasteiger partial charge in [0.25, 0.3) is 0 Å². The fourth-order valence-corrected chi connectivity index (χ4v) is 3.01. The highest BCUT2D eigenvalue weighted by Gasteiger charge is 2.10. The summed E-state index contributed by atoms with van der Waals surface area (Å²) in [4.78, 5) is 4.17. The molecule has 0 fully saturated rings. The fraction of sp³-hybridized carbons (Fsp3) is 0.235. The number of nitrogens with zero attached hydrogens (tertiary/aromatic N) is 1. The van der Waals surface area contributed by atoms with Crippen molar-refractivity contribution in [3.05, 3.63) is 65.0 Å². The number of nitrogens with one attached hydrogen (secondary N) is 1. The van der Waals surface area contributed by atoms with Crippen LogP contribution in [0.15, 0.2) is 47.5 Å². The number of aliphatic imine (C=N–C) groups is 1. The van der Waals surface area contributed by atoms with Crippen molar-refractivity contribution in [1.29, 1.82) is 0 Å². The third-order valence-corrected chi connectivity index (χ3v) is 4.17. The number of rotatable bonds is 5. The van der Waals surface area contributed by atoms with Crippen molar-refractivity contribution in [3.8, 4) is 0 Å². The van der Waals surface area contributed by atoms with Crippen LogP contribution in [0.2, 0.25) is 0 Å². The molecule has 5 nitrogen and oxygen atoms in total. The number of anilines is 1. The number of benzene rings is 2. The third-order valence-electron chi connectivity index (χ3n) is 3.33. The van der Waals surface area contributed by atoms with Crippen molar-refractivity contribution in [3.63, 3.8) is 0 Å². The Morgan fingerprint density at radius 3 is 2.40 bits per heavy atom. The molecule has 0 aliphatic rings. The van der Waals surface area contributed by atoms with Gasteiger partial charge in [-0.3, -0.25) is 0 Å². The summed E-state index contributed by atoms with van der Waals surface area (Å²) >= 11 is 0. The van der Waals surface area contributed by atoms with Crippen molar-refractivity contribution in [1.82, 2.24) is 0 Å². The summed E-state index contributed by atoms with van der Waals surface area (Å²) < 4.78 is 36.4. The second-order valence-electron chi connectivity index (χ2n) is 5.68. The lowest BCUT2D eigenvalue weighted by atomic mass is 10.1. The minimum absolute atomic E-state index is 0. The highest BCUT2D eigenvalue weighted by Crippen LogP contribution is 2.16. The minimum atomic E-state index is -3.22. The lowest BCUT2D eigenvalue weighted by molar-refractivity contribution is 0.600. The van der Waals surface area contributed by atoms with Gasteiger partial charge in [0.15, 0.2) is 15.8 Å². The van der Waals surface area contributed by atoms with Gasteiger partial charge >= 0.3 is 0 Å². The number of halogens is 2. The molecule has 2 aromatic carbocycles. The van der Waals surface area contributed by atoms with E-state index in [-0.39, 0.29) is 42.2 Å². The van der Waals surface area contributed by atoms with Crippen molar-refractivity contribution in [2.24, 2.45) is 10.7 Å². The van der Waals surface area contributed by atoms with Crippen LogP contribution in [0.3, 0.4) is 0 Å². The summed E-state index contributed by atoms with van der Waals surface area (Å²) in [5.41, 5.74) is 8.76. The van der Waals surface area contributed by atoms with Gasteiger partial charge in [0.1, 0.15) is 5.82 Å². The van der Waals surface area contributed by atoms with Crippen LogP contribution >= 0.6 is 24.0 Å². The van der Waals surface area contributed by atoms with Gasteiger partial charge in [0.05, 0.1) is 12.3 Å². The molecule has 0 aliphatic carbocycles. The number of hydrogen-bond acceptors (Lipinski definition) is 3. The number of aryl methyl sites for hydroxylation is 1. The SMILES string of the molecule is Cc1ccc(NC(N)=NCc2cc(F)ccc2CS(C)(=O)=O)cc1.I. The zero-order valence-corrected chi connectivity index (χ0v) is 17.1. The van der Waals surface area contributed by atoms with E-state index in [1.54, 1.807) is 0 Å². The maximum absolute atomic E-state index is 13.4. The first-order chi connectivity index (χ1) is 11.2. The second-order valence-corrected chi connectivity index (χ2v) is 7.82. The average molecular weight is 477 g/mol. The first-order valence-corrected chi connectivity index (χ1v) is 9.37. The van der Waals surface area contributed by atoms with Gasteiger partial charge in [-0.05, 0) is 42.3 Å². The van der Waals surface area contributed by atoms with Crippen LogP contribution < -0.4 is 11.1 Å². The van der Waals surface area contributed by atoms with Crippen LogP contribution in [0.25, 0.3) is 0 Å². The molecule has 0 radical (unpaired) electrons. The van der Waals surface area contributed by atoms with Crippen molar-refractivity contribution >= 4 is 45.5 Å². The molecule has 2 rings (SSSR count). The van der Waals surface area contributed by atoms with Gasteiger partial charge in [-0.1, -0.05) is 23.8 Å². The van der Waals surface area contributed by atoms with E-state index in [0.717, 1.165) is 17.5 Å². The van der Waals surface area contributed by atoms with Gasteiger partial charge < -0.3 is 11.1 Å². The average Bonchev–Trinajstić information content (AvgIpc) is 2.48. The molecular weight excluding hydrogens is 456 g/mol. The standard InChI is InChI=1S/C17H20FN3O2S.HI/c1-12-3-7-16(8-4-12)21-17(19)20-10-14-9-15(18)6-5-13(14)11-24(2,22)23;/h3-9H,10-11H2,1-2H3,(H3,19,20,21);1H. The smallest absolute Gasteiger partial charge is 0.193 e. The summed E-state index contributed by atoms with van der Waals surface area (Å²) in [7, 11) is -3.22. The molecule has 0 amide bonds. The van der Waals surface area contributed by atoms with E-state index in [2.05, 4.69) is 10.3 Å². The predicted octanol–water partition coefficient (Wildman–Crippen LogP) is 3.22. The molecule has 2 aromatic rings. The van der Waals surface area contributed by atoms with Crippen molar-refractivity contribution < 1.29 is 12.8 Å². The zero-order valence-electron chi connectivity index (χ0n) is 14.0. The van der Waals surface area contributed by atoms with Gasteiger partial charge in [0, 0.05) is 11.9 Å². The number of nitrogens with two attached hydrogens (primary N) is 1. The van der Waals surface area contributed by atoms with E-state index in [4.69, 9.17) is 5.73 Å². The Balaban J connectivity index is 0.00000312. The molecular formula is C17H21FIN3O2S. The van der Waals surface area contributed by atoms with Gasteiger partial charge in [0.2, 0.25) is 0 Å². The van der Waals surface area contributed by atoms with E-state index < -0.39 is 15.7 Å². The van der Waals surface area contributed by atoms with E-state index in [1.807, 2.05) is 31.2 Å². The van der Waals surface area contributed by atoms with Gasteiger partial charge in [-0.25, -0.2) is 17.8 Å². The predicted molar refractivity (Wildman–Crippen MR) is 110 cm³/mol. The normalized spacial score (nSPS) is 11.7. The van der Waals surface area contributed by atoms with Crippen molar-refractivity contribution in [2.75, 3.05) is 11.6 Å². The van der Waals surface area contributed by atoms with Crippen LogP contribution in [0.4, 0.5) is 10.1 Å². The first-order valence-electron chi connectivity index (χ1n) is 7.31. The molecule has 0 aromatic heterocycles. The highest BCUT2D eigenvalue weighted by molar-refractivity contribution is 14.0. The Kier molecular flexibility index (Phi) is 7.81. The molecule has 136 valence electrons. The Labute approximate surface area is 164 Å². The fourth-order valence-electron chi connectivity index (χ4n) is 2.16. The molecule has 8 heteroatoms. The maximum Gasteiger partial charge on any atom is 0.193 e. The maximum atomic E-state index is 13.4. The molecule has 0 saturated heterocycles. The summed E-state index contributed by atoms with van der Waals surface area (Å²) in [6.07, 6.45) is 1.14. The van der Waals surface area contributed by atoms with Gasteiger partial charge in [-0.15, -0.1) is 24.0 Å². The molecule has 0 bridgehead atoms. The van der Waals surface area contributed by atoms with E-state index >= 15 is 0 Å². The molecule has 0 spiro atoms. The van der Waals surface area contributed by atoms with Crippen LogP contribution in [-0.2, 0) is 22.1 Å². The lowest BCUT2D eigenvalue weighted by Gasteiger charge is -2.09. The van der Waals surface area contributed by atoms with Crippen LogP contribution in [0, 0.1) is 12.7 Å². The quantitative estimate of drug-likeness (QED) is 0.394. The minimum Gasteiger partial charge on any atom is -0.370 e. The number of sulfone groups is 1. The largest absolute Gasteiger partial charge is 0.370 e. The van der Waals surface area contributed by atoms with E-state index in [1.165, 1.54) is 18.2 Å². The van der Waals surface area contributed by atoms with Crippen LogP contribution in [0.1, 0.15) is 16.7 Å². The summed E-state index contributed by atoms with van der Waals surface area (Å²) in [5, 5.41) is 2.94. The topological polar surface area (TPSA) is 84.5 Å². The third kappa shape index (κ3) is 7.39. The van der Waals surface area contributed by atoms with Crippen LogP contribution in [-0.4, -0.2) is 20.6 Å². The zero-order chi connectivity index (χ0) is 17.7. The Bertz CT molecular complexity index is 853. The summed E-state index contributed by atoms with van der Waals surface area (Å²) in [6.45, 7) is 2.07. The number of guanidine groups is 1. The van der Waals surface area contributed by atoms with E-state index in [0.29, 0.717) is 11.1 Å². The molecule has 25 heavy (non-hydrogen) atoms. The molecule has 0 heterocycles. The molecule has 0 aliphatic heterocycles. The van der Waals surface area contributed by atoms with Crippen LogP contribution in [0.5, 0.6) is 0 Å². The molecule has 0 saturated carbocycles. The first kappa shape index (κ1) is 21.4. The Morgan fingerprint density at radius 1 is 1.16 bits per heavy atom. The molecule has 3 N–H and O–H groups in total. The molecule has 0 unspecified atom stereocenters. The monoisotopic (exact) mass is 477 g/mol. The van der Waals surface area contributed by atoms with E-state index in [9.17, 15) is 12.8 Å². The Morgan fingerprint density at radius 2 is 1.80 bits per heavy atom. The summed E-state index contributed by atoms with van der Waals surface area (Å²) in [5.74, 6) is -0.431. The van der Waals surface area contributed by atoms with Crippen molar-refractivity contribution in [2.45, 2.75) is 19.2 Å². The lowest BCUT2D eigenvalue weighted by Crippen LogP contribution is -2.22.